The number of carboxylic acids is 2. The molecule has 0 aliphatic heterocycles. The summed E-state index contributed by atoms with van der Waals surface area (Å²) in [6.07, 6.45) is 11.6. The van der Waals surface area contributed by atoms with Crippen LogP contribution in [0.1, 0.15) is 113 Å². The van der Waals surface area contributed by atoms with E-state index in [9.17, 15) is 19.5 Å². The molecule has 0 aromatic rings. The molecule has 41 heavy (non-hydrogen) atoms. The van der Waals surface area contributed by atoms with E-state index in [2.05, 4.69) is 54.5 Å². The zero-order chi connectivity index (χ0) is 30.2. The maximum atomic E-state index is 12.9. The predicted octanol–water partition coefficient (Wildman–Crippen LogP) is 6.89. The first-order chi connectivity index (χ1) is 18.9. The molecule has 7 heteroatoms. The molecule has 230 valence electrons. The number of ether oxygens (including phenoxy) is 2. The molecular formula is C34H52O7. The van der Waals surface area contributed by atoms with Crippen LogP contribution < -0.4 is 0 Å². The van der Waals surface area contributed by atoms with Gasteiger partial charge in [-0.05, 0) is 104 Å². The Kier molecular flexibility index (Phi) is 7.32. The molecule has 0 bridgehead atoms. The maximum absolute atomic E-state index is 12.9. The van der Waals surface area contributed by atoms with Gasteiger partial charge in [0.15, 0.2) is 0 Å². The third-order valence-corrected chi connectivity index (χ3v) is 13.7. The first-order valence-electron chi connectivity index (χ1n) is 15.9. The second kappa shape index (κ2) is 9.82. The number of carbonyl (C=O) groups excluding carboxylic acids is 1. The number of aliphatic carboxylic acids is 2. The van der Waals surface area contributed by atoms with Gasteiger partial charge in [-0.15, -0.1) is 0 Å². The van der Waals surface area contributed by atoms with Crippen molar-refractivity contribution >= 4 is 17.9 Å². The van der Waals surface area contributed by atoms with Crippen molar-refractivity contribution in [2.75, 3.05) is 13.2 Å². The predicted molar refractivity (Wildman–Crippen MR) is 155 cm³/mol. The molecule has 7 nitrogen and oxygen atoms in total. The fraction of sp³-hybridized carbons (Fsp3) is 0.853. The molecule has 5 rings (SSSR count). The number of carbonyl (C=O) groups is 3. The first-order valence-corrected chi connectivity index (χ1v) is 15.9. The summed E-state index contributed by atoms with van der Waals surface area (Å²) in [6, 6.07) is 0. The summed E-state index contributed by atoms with van der Waals surface area (Å²) < 4.78 is 10.9. The molecule has 5 aliphatic rings. The molecule has 0 spiro atoms. The Morgan fingerprint density at radius 3 is 2.20 bits per heavy atom. The summed E-state index contributed by atoms with van der Waals surface area (Å²) in [5, 5.41) is 19.4. The number of allylic oxidation sites excluding steroid dienone is 2. The van der Waals surface area contributed by atoms with Crippen LogP contribution in [0.25, 0.3) is 0 Å². The van der Waals surface area contributed by atoms with Crippen LogP contribution in [0.5, 0.6) is 0 Å². The number of fused-ring (bicyclic) bond motifs is 7. The van der Waals surface area contributed by atoms with Crippen molar-refractivity contribution in [3.63, 3.8) is 0 Å². The summed E-state index contributed by atoms with van der Waals surface area (Å²) in [4.78, 5) is 36.2. The van der Waals surface area contributed by atoms with Gasteiger partial charge in [0.05, 0.1) is 5.41 Å². The number of esters is 1. The van der Waals surface area contributed by atoms with Gasteiger partial charge in [0, 0.05) is 5.41 Å². The molecular weight excluding hydrogens is 520 g/mol. The zero-order valence-electron chi connectivity index (χ0n) is 26.3. The zero-order valence-corrected chi connectivity index (χ0v) is 26.3. The molecule has 0 amide bonds. The Bertz CT molecular complexity index is 1140. The fourth-order valence-corrected chi connectivity index (χ4v) is 11.2. The number of hydrogen-bond donors (Lipinski definition) is 2. The van der Waals surface area contributed by atoms with E-state index in [1.54, 1.807) is 0 Å². The van der Waals surface area contributed by atoms with E-state index in [1.807, 2.05) is 0 Å². The SMILES string of the molecule is CC1(C)CC[C@]2(C(=O)O)CC[C@]3(C)C(=CCC4[C@@]5(C)CC[C@H](OC(=O)COCC(=O)O)C(C)(C)C5CC[C@]43C)[C@@H]2C1. The van der Waals surface area contributed by atoms with Gasteiger partial charge >= 0.3 is 17.9 Å². The second-order valence-electron chi connectivity index (χ2n) is 16.4. The number of hydrogen-bond acceptors (Lipinski definition) is 5. The van der Waals surface area contributed by atoms with Crippen LogP contribution in [0.2, 0.25) is 0 Å². The monoisotopic (exact) mass is 572 g/mol. The molecule has 8 atom stereocenters. The van der Waals surface area contributed by atoms with Crippen LogP contribution >= 0.6 is 0 Å². The molecule has 0 aromatic carbocycles. The summed E-state index contributed by atoms with van der Waals surface area (Å²) in [7, 11) is 0. The van der Waals surface area contributed by atoms with E-state index in [-0.39, 0.29) is 45.7 Å². The molecule has 2 unspecified atom stereocenters. The minimum Gasteiger partial charge on any atom is -0.481 e. The van der Waals surface area contributed by atoms with E-state index in [0.29, 0.717) is 11.8 Å². The summed E-state index contributed by atoms with van der Waals surface area (Å²) >= 11 is 0. The van der Waals surface area contributed by atoms with Gasteiger partial charge in [-0.3, -0.25) is 4.79 Å². The van der Waals surface area contributed by atoms with Crippen LogP contribution in [0.15, 0.2) is 11.6 Å². The van der Waals surface area contributed by atoms with E-state index < -0.39 is 29.9 Å². The molecule has 2 N–H and O–H groups in total. The lowest BCUT2D eigenvalue weighted by atomic mass is 9.33. The highest BCUT2D eigenvalue weighted by atomic mass is 16.6. The van der Waals surface area contributed by atoms with E-state index >= 15 is 0 Å². The van der Waals surface area contributed by atoms with Crippen LogP contribution in [0.4, 0.5) is 0 Å². The minimum atomic E-state index is -1.10. The highest BCUT2D eigenvalue weighted by Gasteiger charge is 2.69. The summed E-state index contributed by atoms with van der Waals surface area (Å²) in [5.41, 5.74) is 0.904. The van der Waals surface area contributed by atoms with Crippen molar-refractivity contribution in [1.82, 2.24) is 0 Å². The smallest absolute Gasteiger partial charge is 0.332 e. The van der Waals surface area contributed by atoms with Crippen molar-refractivity contribution < 1.29 is 34.1 Å². The normalized spacial score (nSPS) is 44.2. The quantitative estimate of drug-likeness (QED) is 0.263. The van der Waals surface area contributed by atoms with Crippen LogP contribution in [-0.4, -0.2) is 47.4 Å². The fourth-order valence-electron chi connectivity index (χ4n) is 11.2. The second-order valence-corrected chi connectivity index (χ2v) is 16.4. The minimum absolute atomic E-state index is 0.0180. The van der Waals surface area contributed by atoms with Crippen LogP contribution in [0, 0.1) is 50.2 Å². The van der Waals surface area contributed by atoms with Crippen molar-refractivity contribution in [3.05, 3.63) is 11.6 Å². The molecule has 4 saturated carbocycles. The lowest BCUT2D eigenvalue weighted by Crippen LogP contribution is -2.65. The average molecular weight is 573 g/mol. The Labute approximate surface area is 245 Å². The van der Waals surface area contributed by atoms with Gasteiger partial charge in [0.1, 0.15) is 19.3 Å². The lowest BCUT2D eigenvalue weighted by molar-refractivity contribution is -0.215. The first kappa shape index (κ1) is 30.6. The highest BCUT2D eigenvalue weighted by molar-refractivity contribution is 5.76. The van der Waals surface area contributed by atoms with Crippen molar-refractivity contribution in [2.45, 2.75) is 119 Å². The Morgan fingerprint density at radius 2 is 1.54 bits per heavy atom. The third kappa shape index (κ3) is 4.50. The Morgan fingerprint density at radius 1 is 0.854 bits per heavy atom. The van der Waals surface area contributed by atoms with E-state index in [4.69, 9.17) is 14.6 Å². The van der Waals surface area contributed by atoms with Crippen molar-refractivity contribution in [2.24, 2.45) is 50.2 Å². The number of rotatable bonds is 6. The van der Waals surface area contributed by atoms with Crippen molar-refractivity contribution in [1.29, 1.82) is 0 Å². The molecule has 0 aromatic heterocycles. The Hall–Kier alpha value is -1.89. The molecule has 4 fully saturated rings. The van der Waals surface area contributed by atoms with Gasteiger partial charge in [0.25, 0.3) is 0 Å². The molecule has 0 radical (unpaired) electrons. The van der Waals surface area contributed by atoms with Gasteiger partial charge in [-0.25, -0.2) is 9.59 Å². The van der Waals surface area contributed by atoms with Gasteiger partial charge in [0.2, 0.25) is 0 Å². The van der Waals surface area contributed by atoms with Crippen LogP contribution in [0.3, 0.4) is 0 Å². The molecule has 0 saturated heterocycles. The topological polar surface area (TPSA) is 110 Å². The Balaban J connectivity index is 1.43. The summed E-state index contributed by atoms with van der Waals surface area (Å²) in [5.74, 6) is -1.22. The largest absolute Gasteiger partial charge is 0.481 e. The lowest BCUT2D eigenvalue weighted by Gasteiger charge is -2.71. The number of carboxylic acid groups (broad SMARTS) is 2. The van der Waals surface area contributed by atoms with Crippen LogP contribution in [-0.2, 0) is 23.9 Å². The van der Waals surface area contributed by atoms with Gasteiger partial charge < -0.3 is 19.7 Å². The summed E-state index contributed by atoms with van der Waals surface area (Å²) in [6.45, 7) is 15.7. The standard InChI is InChI=1S/C34H52O7/c1-29(2)14-16-34(28(38)39)17-15-32(6)21(22(34)18-29)8-9-24-31(5)12-11-25(41-27(37)20-40-19-26(35)36)30(3,4)23(31)10-13-33(24,32)7/h8,22-25H,9-20H2,1-7H3,(H,35,36)(H,38,39)/t22-,23?,24?,25-,31-,32+,33+,34-/m0/s1. The third-order valence-electron chi connectivity index (χ3n) is 13.7. The van der Waals surface area contributed by atoms with E-state index in [0.717, 1.165) is 64.2 Å². The van der Waals surface area contributed by atoms with Crippen molar-refractivity contribution in [3.8, 4) is 0 Å². The highest BCUT2D eigenvalue weighted by Crippen LogP contribution is 2.75. The average Bonchev–Trinajstić information content (AvgIpc) is 2.85. The molecule has 5 aliphatic carbocycles. The maximum Gasteiger partial charge on any atom is 0.332 e. The van der Waals surface area contributed by atoms with Gasteiger partial charge in [-0.2, -0.15) is 0 Å². The van der Waals surface area contributed by atoms with Gasteiger partial charge in [-0.1, -0.05) is 60.1 Å². The van der Waals surface area contributed by atoms with E-state index in [1.165, 1.54) is 5.57 Å². The molecule has 0 heterocycles.